The van der Waals surface area contributed by atoms with Crippen molar-refractivity contribution in [1.82, 2.24) is 4.90 Å². The molecule has 1 rings (SSSR count). The van der Waals surface area contributed by atoms with Gasteiger partial charge in [-0.1, -0.05) is 13.3 Å². The molecule has 16 heavy (non-hydrogen) atoms. The minimum absolute atomic E-state index is 0.431. The van der Waals surface area contributed by atoms with Crippen LogP contribution in [0.5, 0.6) is 0 Å². The van der Waals surface area contributed by atoms with Crippen molar-refractivity contribution in [2.45, 2.75) is 51.7 Å². The van der Waals surface area contributed by atoms with E-state index in [4.69, 9.17) is 9.47 Å². The number of rotatable bonds is 7. The summed E-state index contributed by atoms with van der Waals surface area (Å²) in [6, 6.07) is 0. The third-order valence-corrected chi connectivity index (χ3v) is 3.27. The highest BCUT2D eigenvalue weighted by Gasteiger charge is 2.20. The van der Waals surface area contributed by atoms with E-state index in [1.54, 1.807) is 7.11 Å². The van der Waals surface area contributed by atoms with Gasteiger partial charge in [-0.05, 0) is 26.2 Å². The van der Waals surface area contributed by atoms with Crippen LogP contribution in [-0.2, 0) is 9.47 Å². The maximum absolute atomic E-state index is 6.03. The van der Waals surface area contributed by atoms with E-state index in [0.717, 1.165) is 26.2 Å². The maximum atomic E-state index is 6.03. The largest absolute Gasteiger partial charge is 0.383 e. The third kappa shape index (κ3) is 5.28. The summed E-state index contributed by atoms with van der Waals surface area (Å²) in [5, 5.41) is 0. The van der Waals surface area contributed by atoms with Crippen molar-refractivity contribution in [2.24, 2.45) is 0 Å². The number of hydrogen-bond donors (Lipinski definition) is 0. The molecule has 0 amide bonds. The first kappa shape index (κ1) is 13.9. The lowest BCUT2D eigenvalue weighted by Crippen LogP contribution is -2.39. The molecule has 0 spiro atoms. The molecule has 0 radical (unpaired) electrons. The van der Waals surface area contributed by atoms with E-state index in [1.807, 2.05) is 0 Å². The zero-order valence-electron chi connectivity index (χ0n) is 11.1. The number of nitrogens with zero attached hydrogens (tertiary/aromatic N) is 1. The van der Waals surface area contributed by atoms with Crippen molar-refractivity contribution >= 4 is 0 Å². The van der Waals surface area contributed by atoms with E-state index < -0.39 is 0 Å². The van der Waals surface area contributed by atoms with Crippen LogP contribution in [0.1, 0.15) is 39.5 Å². The van der Waals surface area contributed by atoms with Crippen molar-refractivity contribution in [3.8, 4) is 0 Å². The van der Waals surface area contributed by atoms with Crippen LogP contribution in [0.15, 0.2) is 0 Å². The zero-order chi connectivity index (χ0) is 11.8. The predicted octanol–water partition coefficient (Wildman–Crippen LogP) is 2.30. The number of hydrogen-bond acceptors (Lipinski definition) is 3. The SMILES string of the molecule is CCCC(C)OC1CCN(CCOC)CC1. The third-order valence-electron chi connectivity index (χ3n) is 3.27. The molecule has 0 aromatic rings. The first-order valence-electron chi connectivity index (χ1n) is 6.63. The molecule has 0 saturated carbocycles. The Bertz CT molecular complexity index is 167. The molecule has 3 heteroatoms. The van der Waals surface area contributed by atoms with Crippen molar-refractivity contribution in [1.29, 1.82) is 0 Å². The highest BCUT2D eigenvalue weighted by atomic mass is 16.5. The molecule has 0 aromatic carbocycles. The van der Waals surface area contributed by atoms with Gasteiger partial charge in [-0.3, -0.25) is 0 Å². The van der Waals surface area contributed by atoms with Gasteiger partial charge < -0.3 is 14.4 Å². The molecule has 1 unspecified atom stereocenters. The molecular formula is C13H27NO2. The van der Waals surface area contributed by atoms with Gasteiger partial charge in [0.2, 0.25) is 0 Å². The van der Waals surface area contributed by atoms with E-state index in [0.29, 0.717) is 12.2 Å². The van der Waals surface area contributed by atoms with E-state index in [1.165, 1.54) is 25.7 Å². The van der Waals surface area contributed by atoms with Crippen LogP contribution >= 0.6 is 0 Å². The monoisotopic (exact) mass is 229 g/mol. The lowest BCUT2D eigenvalue weighted by molar-refractivity contribution is -0.0396. The van der Waals surface area contributed by atoms with Crippen molar-refractivity contribution in [3.63, 3.8) is 0 Å². The van der Waals surface area contributed by atoms with Gasteiger partial charge in [0, 0.05) is 26.7 Å². The highest BCUT2D eigenvalue weighted by molar-refractivity contribution is 4.73. The fraction of sp³-hybridized carbons (Fsp3) is 1.00. The quantitative estimate of drug-likeness (QED) is 0.668. The number of methoxy groups -OCH3 is 1. The Labute approximate surface area is 100 Å². The van der Waals surface area contributed by atoms with Crippen LogP contribution in [0.25, 0.3) is 0 Å². The summed E-state index contributed by atoms with van der Waals surface area (Å²) in [6.45, 7) is 8.64. The molecule has 1 saturated heterocycles. The summed E-state index contributed by atoms with van der Waals surface area (Å²) in [5.41, 5.74) is 0. The second-order valence-electron chi connectivity index (χ2n) is 4.77. The average Bonchev–Trinajstić information content (AvgIpc) is 2.28. The summed E-state index contributed by atoms with van der Waals surface area (Å²) in [5.74, 6) is 0. The summed E-state index contributed by atoms with van der Waals surface area (Å²) in [4.78, 5) is 2.47. The molecule has 1 aliphatic rings. The molecular weight excluding hydrogens is 202 g/mol. The van der Waals surface area contributed by atoms with Crippen LogP contribution < -0.4 is 0 Å². The Hall–Kier alpha value is -0.120. The number of ether oxygens (including phenoxy) is 2. The summed E-state index contributed by atoms with van der Waals surface area (Å²) >= 11 is 0. The second-order valence-corrected chi connectivity index (χ2v) is 4.77. The summed E-state index contributed by atoms with van der Waals surface area (Å²) in [7, 11) is 1.77. The fourth-order valence-corrected chi connectivity index (χ4v) is 2.29. The van der Waals surface area contributed by atoms with E-state index >= 15 is 0 Å². The first-order valence-corrected chi connectivity index (χ1v) is 6.63. The zero-order valence-corrected chi connectivity index (χ0v) is 11.1. The van der Waals surface area contributed by atoms with Gasteiger partial charge in [0.25, 0.3) is 0 Å². The van der Waals surface area contributed by atoms with Crippen molar-refractivity contribution in [2.75, 3.05) is 33.4 Å². The molecule has 1 fully saturated rings. The number of piperidine rings is 1. The maximum Gasteiger partial charge on any atom is 0.0603 e. The highest BCUT2D eigenvalue weighted by Crippen LogP contribution is 2.16. The molecule has 1 aliphatic heterocycles. The Morgan fingerprint density at radius 2 is 2.00 bits per heavy atom. The predicted molar refractivity (Wildman–Crippen MR) is 66.8 cm³/mol. The van der Waals surface area contributed by atoms with Crippen LogP contribution in [0.2, 0.25) is 0 Å². The minimum atomic E-state index is 0.431. The second kappa shape index (κ2) is 8.04. The van der Waals surface area contributed by atoms with Gasteiger partial charge in [-0.2, -0.15) is 0 Å². The van der Waals surface area contributed by atoms with Gasteiger partial charge in [-0.25, -0.2) is 0 Å². The van der Waals surface area contributed by atoms with E-state index in [-0.39, 0.29) is 0 Å². The minimum Gasteiger partial charge on any atom is -0.383 e. The molecule has 0 aliphatic carbocycles. The van der Waals surface area contributed by atoms with Crippen LogP contribution in [0, 0.1) is 0 Å². The van der Waals surface area contributed by atoms with Gasteiger partial charge in [0.1, 0.15) is 0 Å². The first-order chi connectivity index (χ1) is 7.76. The van der Waals surface area contributed by atoms with Crippen molar-refractivity contribution in [3.05, 3.63) is 0 Å². The smallest absolute Gasteiger partial charge is 0.0603 e. The average molecular weight is 229 g/mol. The molecule has 1 atom stereocenters. The molecule has 96 valence electrons. The lowest BCUT2D eigenvalue weighted by atomic mass is 10.1. The Morgan fingerprint density at radius 3 is 2.56 bits per heavy atom. The molecule has 3 nitrogen and oxygen atoms in total. The van der Waals surface area contributed by atoms with Crippen molar-refractivity contribution < 1.29 is 9.47 Å². The fourth-order valence-electron chi connectivity index (χ4n) is 2.29. The van der Waals surface area contributed by atoms with Gasteiger partial charge in [0.05, 0.1) is 18.8 Å². The Balaban J connectivity index is 2.11. The van der Waals surface area contributed by atoms with E-state index in [2.05, 4.69) is 18.7 Å². The number of likely N-dealkylation sites (tertiary alicyclic amines) is 1. The molecule has 1 heterocycles. The lowest BCUT2D eigenvalue weighted by Gasteiger charge is -2.33. The molecule has 0 N–H and O–H groups in total. The summed E-state index contributed by atoms with van der Waals surface area (Å²) < 4.78 is 11.1. The standard InChI is InChI=1S/C13H27NO2/c1-4-5-12(2)16-13-6-8-14(9-7-13)10-11-15-3/h12-13H,4-11H2,1-3H3. The van der Waals surface area contributed by atoms with Crippen LogP contribution in [0.4, 0.5) is 0 Å². The molecule has 0 bridgehead atoms. The van der Waals surface area contributed by atoms with Gasteiger partial charge in [-0.15, -0.1) is 0 Å². The van der Waals surface area contributed by atoms with Crippen LogP contribution in [0.3, 0.4) is 0 Å². The van der Waals surface area contributed by atoms with E-state index in [9.17, 15) is 0 Å². The van der Waals surface area contributed by atoms with Crippen LogP contribution in [-0.4, -0.2) is 50.5 Å². The Morgan fingerprint density at radius 1 is 1.31 bits per heavy atom. The summed E-state index contributed by atoms with van der Waals surface area (Å²) in [6.07, 6.45) is 5.67. The van der Waals surface area contributed by atoms with Gasteiger partial charge >= 0.3 is 0 Å². The molecule has 0 aromatic heterocycles. The topological polar surface area (TPSA) is 21.7 Å². The Kier molecular flexibility index (Phi) is 7.01. The normalized spacial score (nSPS) is 21.2. The van der Waals surface area contributed by atoms with Gasteiger partial charge in [0.15, 0.2) is 0 Å².